The Balaban J connectivity index is 1.67. The molecule has 0 aliphatic rings. The van der Waals surface area contributed by atoms with Crippen molar-refractivity contribution in [2.24, 2.45) is 0 Å². The molecule has 4 aromatic rings. The summed E-state index contributed by atoms with van der Waals surface area (Å²) >= 11 is 1.73. The highest BCUT2D eigenvalue weighted by Gasteiger charge is 2.15. The highest BCUT2D eigenvalue weighted by Crippen LogP contribution is 2.27. The van der Waals surface area contributed by atoms with Crippen molar-refractivity contribution >= 4 is 11.8 Å². The van der Waals surface area contributed by atoms with Crippen molar-refractivity contribution in [2.75, 3.05) is 0 Å². The van der Waals surface area contributed by atoms with Crippen LogP contribution in [0.3, 0.4) is 0 Å². The van der Waals surface area contributed by atoms with Crippen molar-refractivity contribution in [3.63, 3.8) is 0 Å². The Hall–Kier alpha value is -2.85. The van der Waals surface area contributed by atoms with Crippen LogP contribution >= 0.6 is 11.8 Å². The average molecular weight is 386 g/mol. The minimum Gasteiger partial charge on any atom is -0.274 e. The molecule has 0 fully saturated rings. The first kappa shape index (κ1) is 18.5. The largest absolute Gasteiger partial charge is 0.274 e. The zero-order valence-corrected chi connectivity index (χ0v) is 17.0. The summed E-state index contributed by atoms with van der Waals surface area (Å²) in [6.45, 7) is 4.24. The van der Waals surface area contributed by atoms with E-state index in [1.807, 2.05) is 6.07 Å². The Morgan fingerprint density at radius 1 is 0.750 bits per heavy atom. The molecular formula is C24H23N3S. The second kappa shape index (κ2) is 8.44. The molecule has 4 rings (SSSR count). The number of hydrogen-bond donors (Lipinski definition) is 0. The number of thioether (sulfide) groups is 1. The molecule has 0 amide bonds. The number of benzene rings is 3. The van der Waals surface area contributed by atoms with Crippen LogP contribution in [0.5, 0.6) is 0 Å². The molecule has 0 unspecified atom stereocenters. The van der Waals surface area contributed by atoms with Crippen molar-refractivity contribution in [3.05, 3.63) is 107 Å². The van der Waals surface area contributed by atoms with Crippen molar-refractivity contribution in [2.45, 2.75) is 31.2 Å². The summed E-state index contributed by atoms with van der Waals surface area (Å²) in [7, 11) is 0. The molecule has 28 heavy (non-hydrogen) atoms. The number of aryl methyl sites for hydroxylation is 2. The van der Waals surface area contributed by atoms with Gasteiger partial charge in [-0.2, -0.15) is 0 Å². The predicted molar refractivity (Wildman–Crippen MR) is 116 cm³/mol. The topological polar surface area (TPSA) is 30.7 Å². The lowest BCUT2D eigenvalue weighted by Gasteiger charge is -2.11. The highest BCUT2D eigenvalue weighted by atomic mass is 32.2. The number of aromatic nitrogens is 3. The fraction of sp³-hybridized carbons (Fsp3) is 0.167. The maximum Gasteiger partial charge on any atom is 0.196 e. The van der Waals surface area contributed by atoms with Crippen LogP contribution < -0.4 is 0 Å². The van der Waals surface area contributed by atoms with Crippen molar-refractivity contribution in [3.8, 4) is 5.69 Å². The summed E-state index contributed by atoms with van der Waals surface area (Å²) in [6, 6.07) is 27.6. The van der Waals surface area contributed by atoms with Crippen LogP contribution in [0.4, 0.5) is 0 Å². The molecule has 0 bridgehead atoms. The molecule has 0 saturated heterocycles. The second-order valence-corrected chi connectivity index (χ2v) is 7.96. The standard InChI is InChI=1S/C24H23N3S/c1-18-8-6-12-21(14-18)17-28-24-26-25-23(16-20-10-4-3-5-11-20)27(24)22-13-7-9-19(2)15-22/h3-15H,16-17H2,1-2H3. The van der Waals surface area contributed by atoms with Gasteiger partial charge in [0.05, 0.1) is 0 Å². The summed E-state index contributed by atoms with van der Waals surface area (Å²) < 4.78 is 2.19. The fourth-order valence-corrected chi connectivity index (χ4v) is 4.18. The van der Waals surface area contributed by atoms with Crippen LogP contribution in [0, 0.1) is 13.8 Å². The number of rotatable bonds is 6. The third kappa shape index (κ3) is 4.34. The van der Waals surface area contributed by atoms with Gasteiger partial charge in [0.2, 0.25) is 0 Å². The van der Waals surface area contributed by atoms with Crippen LogP contribution in [-0.4, -0.2) is 14.8 Å². The van der Waals surface area contributed by atoms with E-state index in [9.17, 15) is 0 Å². The smallest absolute Gasteiger partial charge is 0.196 e. The lowest BCUT2D eigenvalue weighted by atomic mass is 10.1. The third-order valence-corrected chi connectivity index (χ3v) is 5.62. The van der Waals surface area contributed by atoms with E-state index in [1.54, 1.807) is 11.8 Å². The molecule has 0 spiro atoms. The van der Waals surface area contributed by atoms with Crippen molar-refractivity contribution in [1.29, 1.82) is 0 Å². The van der Waals surface area contributed by atoms with E-state index in [0.29, 0.717) is 0 Å². The van der Waals surface area contributed by atoms with E-state index in [1.165, 1.54) is 22.3 Å². The average Bonchev–Trinajstić information content (AvgIpc) is 3.10. The van der Waals surface area contributed by atoms with Gasteiger partial charge in [-0.05, 0) is 42.7 Å². The third-order valence-electron chi connectivity index (χ3n) is 4.62. The first-order valence-electron chi connectivity index (χ1n) is 9.42. The molecule has 140 valence electrons. The van der Waals surface area contributed by atoms with E-state index in [0.717, 1.165) is 28.8 Å². The molecular weight excluding hydrogens is 362 g/mol. The van der Waals surface area contributed by atoms with Crippen LogP contribution in [0.15, 0.2) is 84.0 Å². The van der Waals surface area contributed by atoms with Gasteiger partial charge < -0.3 is 0 Å². The van der Waals surface area contributed by atoms with E-state index < -0.39 is 0 Å². The Labute approximate surface area is 170 Å². The molecule has 0 aliphatic carbocycles. The molecule has 0 saturated carbocycles. The summed E-state index contributed by atoms with van der Waals surface area (Å²) in [6.07, 6.45) is 0.757. The van der Waals surface area contributed by atoms with Crippen molar-refractivity contribution < 1.29 is 0 Å². The summed E-state index contributed by atoms with van der Waals surface area (Å²) in [5.74, 6) is 1.83. The Morgan fingerprint density at radius 2 is 1.46 bits per heavy atom. The van der Waals surface area contributed by atoms with Crippen LogP contribution in [0.25, 0.3) is 5.69 Å². The van der Waals surface area contributed by atoms with Crippen molar-refractivity contribution in [1.82, 2.24) is 14.8 Å². The van der Waals surface area contributed by atoms with Gasteiger partial charge in [0.1, 0.15) is 5.82 Å². The maximum atomic E-state index is 4.54. The fourth-order valence-electron chi connectivity index (χ4n) is 3.26. The minimum absolute atomic E-state index is 0.757. The van der Waals surface area contributed by atoms with Crippen LogP contribution in [0.2, 0.25) is 0 Å². The maximum absolute atomic E-state index is 4.54. The molecule has 0 atom stereocenters. The Bertz CT molecular complexity index is 1070. The predicted octanol–water partition coefficient (Wildman–Crippen LogP) is 5.77. The van der Waals surface area contributed by atoms with Gasteiger partial charge in [-0.25, -0.2) is 0 Å². The zero-order valence-electron chi connectivity index (χ0n) is 16.2. The number of hydrogen-bond acceptors (Lipinski definition) is 3. The molecule has 1 heterocycles. The lowest BCUT2D eigenvalue weighted by Crippen LogP contribution is -2.04. The van der Waals surface area contributed by atoms with Gasteiger partial charge in [0, 0.05) is 17.9 Å². The summed E-state index contributed by atoms with van der Waals surface area (Å²) in [4.78, 5) is 0. The Kier molecular flexibility index (Phi) is 5.58. The molecule has 0 N–H and O–H groups in total. The van der Waals surface area contributed by atoms with E-state index in [4.69, 9.17) is 0 Å². The van der Waals surface area contributed by atoms with Gasteiger partial charge in [-0.15, -0.1) is 10.2 Å². The van der Waals surface area contributed by atoms with E-state index >= 15 is 0 Å². The second-order valence-electron chi connectivity index (χ2n) is 7.01. The normalized spacial score (nSPS) is 10.9. The van der Waals surface area contributed by atoms with Gasteiger partial charge in [0.25, 0.3) is 0 Å². The summed E-state index contributed by atoms with van der Waals surface area (Å²) in [5, 5.41) is 10.00. The quantitative estimate of drug-likeness (QED) is 0.395. The highest BCUT2D eigenvalue weighted by molar-refractivity contribution is 7.98. The molecule has 4 heteroatoms. The molecule has 3 nitrogen and oxygen atoms in total. The first-order valence-corrected chi connectivity index (χ1v) is 10.4. The monoisotopic (exact) mass is 385 g/mol. The van der Waals surface area contributed by atoms with Gasteiger partial charge in [-0.3, -0.25) is 4.57 Å². The summed E-state index contributed by atoms with van der Waals surface area (Å²) in [5.41, 5.74) is 6.16. The number of nitrogens with zero attached hydrogens (tertiary/aromatic N) is 3. The Morgan fingerprint density at radius 3 is 2.21 bits per heavy atom. The lowest BCUT2D eigenvalue weighted by molar-refractivity contribution is 0.846. The van der Waals surface area contributed by atoms with Crippen LogP contribution in [0.1, 0.15) is 28.1 Å². The van der Waals surface area contributed by atoms with E-state index in [-0.39, 0.29) is 0 Å². The van der Waals surface area contributed by atoms with Gasteiger partial charge >= 0.3 is 0 Å². The molecule has 0 radical (unpaired) electrons. The molecule has 0 aliphatic heterocycles. The zero-order chi connectivity index (χ0) is 19.3. The van der Waals surface area contributed by atoms with Gasteiger partial charge in [0.15, 0.2) is 5.16 Å². The first-order chi connectivity index (χ1) is 13.7. The molecule has 3 aromatic carbocycles. The van der Waals surface area contributed by atoms with Gasteiger partial charge in [-0.1, -0.05) is 84.1 Å². The van der Waals surface area contributed by atoms with Crippen LogP contribution in [-0.2, 0) is 12.2 Å². The minimum atomic E-state index is 0.757. The molecule has 1 aromatic heterocycles. The SMILES string of the molecule is Cc1cccc(CSc2nnc(Cc3ccccc3)n2-c2cccc(C)c2)c1. The van der Waals surface area contributed by atoms with E-state index in [2.05, 4.69) is 101 Å².